The molecule has 0 saturated heterocycles. The minimum Gasteiger partial charge on any atom is -0.399 e. The second kappa shape index (κ2) is 7.07. The zero-order chi connectivity index (χ0) is 15.4. The summed E-state index contributed by atoms with van der Waals surface area (Å²) < 4.78 is 0. The predicted molar refractivity (Wildman–Crippen MR) is 91.3 cm³/mol. The van der Waals surface area contributed by atoms with Crippen LogP contribution in [0.5, 0.6) is 0 Å². The average molecular weight is 341 g/mol. The lowest BCUT2D eigenvalue weighted by Gasteiger charge is -2.13. The molecule has 0 saturated carbocycles. The highest BCUT2D eigenvalue weighted by molar-refractivity contribution is 8.00. The summed E-state index contributed by atoms with van der Waals surface area (Å²) in [6.07, 6.45) is 0. The van der Waals surface area contributed by atoms with E-state index in [0.717, 1.165) is 4.90 Å². The van der Waals surface area contributed by atoms with Gasteiger partial charge in [-0.2, -0.15) is 0 Å². The number of nitrogens with one attached hydrogen (secondary N) is 1. The Hall–Kier alpha value is -1.36. The van der Waals surface area contributed by atoms with Crippen LogP contribution in [0.4, 0.5) is 11.4 Å². The number of amides is 1. The van der Waals surface area contributed by atoms with Crippen molar-refractivity contribution in [3.8, 4) is 0 Å². The Kier molecular flexibility index (Phi) is 5.39. The summed E-state index contributed by atoms with van der Waals surface area (Å²) in [7, 11) is 0. The van der Waals surface area contributed by atoms with Gasteiger partial charge in [-0.1, -0.05) is 35.3 Å². The third-order valence-electron chi connectivity index (χ3n) is 2.76. The van der Waals surface area contributed by atoms with Crippen molar-refractivity contribution in [2.75, 3.05) is 11.1 Å². The van der Waals surface area contributed by atoms with Crippen molar-refractivity contribution < 1.29 is 4.79 Å². The second-order valence-electron chi connectivity index (χ2n) is 4.42. The van der Waals surface area contributed by atoms with E-state index in [4.69, 9.17) is 28.9 Å². The summed E-state index contributed by atoms with van der Waals surface area (Å²) in [6.45, 7) is 1.81. The lowest BCUT2D eigenvalue weighted by Crippen LogP contribution is -2.22. The number of rotatable bonds is 4. The van der Waals surface area contributed by atoms with Gasteiger partial charge in [-0.15, -0.1) is 11.8 Å². The van der Waals surface area contributed by atoms with Crippen LogP contribution < -0.4 is 11.1 Å². The maximum Gasteiger partial charge on any atom is 0.237 e. The summed E-state index contributed by atoms with van der Waals surface area (Å²) in [5.41, 5.74) is 6.72. The summed E-state index contributed by atoms with van der Waals surface area (Å²) in [4.78, 5) is 13.1. The van der Waals surface area contributed by atoms with Crippen LogP contribution in [-0.2, 0) is 4.79 Å². The van der Waals surface area contributed by atoms with Crippen molar-refractivity contribution in [3.05, 3.63) is 52.5 Å². The van der Waals surface area contributed by atoms with Crippen molar-refractivity contribution in [2.45, 2.75) is 17.1 Å². The Morgan fingerprint density at radius 2 is 1.90 bits per heavy atom. The van der Waals surface area contributed by atoms with E-state index < -0.39 is 0 Å². The first-order valence-corrected chi connectivity index (χ1v) is 7.88. The molecule has 2 aromatic carbocycles. The standard InChI is InChI=1S/C15H14Cl2N2OS/c1-9(21-14-5-3-2-4-11(14)16)15(20)19-13-7-6-10(18)8-12(13)17/h2-9H,18H2,1H3,(H,19,20). The SMILES string of the molecule is CC(Sc1ccccc1Cl)C(=O)Nc1ccc(N)cc1Cl. The van der Waals surface area contributed by atoms with Gasteiger partial charge in [0.2, 0.25) is 5.91 Å². The monoisotopic (exact) mass is 340 g/mol. The van der Waals surface area contributed by atoms with Crippen molar-refractivity contribution in [2.24, 2.45) is 0 Å². The molecule has 110 valence electrons. The van der Waals surface area contributed by atoms with Gasteiger partial charge < -0.3 is 11.1 Å². The summed E-state index contributed by atoms with van der Waals surface area (Å²) in [6, 6.07) is 12.4. The maximum atomic E-state index is 12.2. The van der Waals surface area contributed by atoms with Crippen LogP contribution in [0, 0.1) is 0 Å². The van der Waals surface area contributed by atoms with Gasteiger partial charge >= 0.3 is 0 Å². The molecule has 3 nitrogen and oxygen atoms in total. The minimum atomic E-state index is -0.307. The van der Waals surface area contributed by atoms with Gasteiger partial charge in [-0.25, -0.2) is 0 Å². The van der Waals surface area contributed by atoms with Gasteiger partial charge in [0.05, 0.1) is 21.0 Å². The number of anilines is 2. The molecular formula is C15H14Cl2N2OS. The van der Waals surface area contributed by atoms with Crippen molar-refractivity contribution in [1.82, 2.24) is 0 Å². The first-order valence-electron chi connectivity index (χ1n) is 6.24. The number of nitrogen functional groups attached to an aromatic ring is 1. The van der Waals surface area contributed by atoms with Gasteiger partial charge in [0, 0.05) is 10.6 Å². The van der Waals surface area contributed by atoms with Crippen LogP contribution in [0.15, 0.2) is 47.4 Å². The molecule has 0 radical (unpaired) electrons. The molecule has 21 heavy (non-hydrogen) atoms. The molecule has 0 aliphatic rings. The first kappa shape index (κ1) is 16.0. The van der Waals surface area contributed by atoms with Gasteiger partial charge in [0.15, 0.2) is 0 Å². The highest BCUT2D eigenvalue weighted by Gasteiger charge is 2.16. The van der Waals surface area contributed by atoms with Gasteiger partial charge in [-0.3, -0.25) is 4.79 Å². The summed E-state index contributed by atoms with van der Waals surface area (Å²) >= 11 is 13.5. The first-order chi connectivity index (χ1) is 9.97. The smallest absolute Gasteiger partial charge is 0.237 e. The fraction of sp³-hybridized carbons (Fsp3) is 0.133. The molecule has 6 heteroatoms. The molecule has 3 N–H and O–H groups in total. The van der Waals surface area contributed by atoms with E-state index >= 15 is 0 Å². The molecule has 1 amide bonds. The number of carbonyl (C=O) groups is 1. The van der Waals surface area contributed by atoms with Crippen LogP contribution in [0.3, 0.4) is 0 Å². The Labute approximate surface area is 137 Å². The van der Waals surface area contributed by atoms with Crippen LogP contribution in [0.1, 0.15) is 6.92 Å². The Balaban J connectivity index is 2.04. The lowest BCUT2D eigenvalue weighted by atomic mass is 10.2. The third kappa shape index (κ3) is 4.30. The molecule has 2 aromatic rings. The number of thioether (sulfide) groups is 1. The van der Waals surface area contributed by atoms with E-state index in [2.05, 4.69) is 5.32 Å². The Morgan fingerprint density at radius 1 is 1.19 bits per heavy atom. The normalized spacial score (nSPS) is 12.0. The summed E-state index contributed by atoms with van der Waals surface area (Å²) in [5, 5.41) is 3.53. The number of halogens is 2. The molecule has 0 aliphatic heterocycles. The van der Waals surface area contributed by atoms with Crippen molar-refractivity contribution >= 4 is 52.2 Å². The van der Waals surface area contributed by atoms with Gasteiger partial charge in [-0.05, 0) is 37.3 Å². The third-order valence-corrected chi connectivity index (χ3v) is 4.69. The zero-order valence-corrected chi connectivity index (χ0v) is 13.6. The van der Waals surface area contributed by atoms with Crippen LogP contribution in [0.2, 0.25) is 10.0 Å². The van der Waals surface area contributed by atoms with E-state index in [1.165, 1.54) is 11.8 Å². The van der Waals surface area contributed by atoms with E-state index in [1.807, 2.05) is 25.1 Å². The highest BCUT2D eigenvalue weighted by Crippen LogP contribution is 2.31. The second-order valence-corrected chi connectivity index (χ2v) is 6.62. The molecule has 0 aliphatic carbocycles. The fourth-order valence-electron chi connectivity index (χ4n) is 1.65. The Bertz CT molecular complexity index is 664. The van der Waals surface area contributed by atoms with E-state index in [9.17, 15) is 4.79 Å². The number of benzene rings is 2. The fourth-order valence-corrected chi connectivity index (χ4v) is 3.04. The lowest BCUT2D eigenvalue weighted by molar-refractivity contribution is -0.115. The van der Waals surface area contributed by atoms with Crippen LogP contribution in [0.25, 0.3) is 0 Å². The van der Waals surface area contributed by atoms with Gasteiger partial charge in [0.25, 0.3) is 0 Å². The molecule has 1 atom stereocenters. The number of hydrogen-bond acceptors (Lipinski definition) is 3. The zero-order valence-electron chi connectivity index (χ0n) is 11.3. The number of nitrogens with two attached hydrogens (primary N) is 1. The topological polar surface area (TPSA) is 55.1 Å². The van der Waals surface area contributed by atoms with Crippen LogP contribution in [-0.4, -0.2) is 11.2 Å². The highest BCUT2D eigenvalue weighted by atomic mass is 35.5. The van der Waals surface area contributed by atoms with Crippen LogP contribution >= 0.6 is 35.0 Å². The van der Waals surface area contributed by atoms with E-state index in [0.29, 0.717) is 21.4 Å². The Morgan fingerprint density at radius 3 is 2.57 bits per heavy atom. The minimum absolute atomic E-state index is 0.147. The molecule has 2 rings (SSSR count). The molecular weight excluding hydrogens is 327 g/mol. The maximum absolute atomic E-state index is 12.2. The quantitative estimate of drug-likeness (QED) is 0.626. The molecule has 0 bridgehead atoms. The molecule has 0 aromatic heterocycles. The summed E-state index contributed by atoms with van der Waals surface area (Å²) in [5.74, 6) is -0.147. The van der Waals surface area contributed by atoms with Crippen molar-refractivity contribution in [3.63, 3.8) is 0 Å². The molecule has 1 unspecified atom stereocenters. The molecule has 0 spiro atoms. The number of hydrogen-bond donors (Lipinski definition) is 2. The number of carbonyl (C=O) groups excluding carboxylic acids is 1. The molecule has 0 heterocycles. The van der Waals surface area contributed by atoms with Crippen molar-refractivity contribution in [1.29, 1.82) is 0 Å². The predicted octanol–water partition coefficient (Wildman–Crippen LogP) is 4.69. The van der Waals surface area contributed by atoms with Gasteiger partial charge in [0.1, 0.15) is 0 Å². The van der Waals surface area contributed by atoms with E-state index in [1.54, 1.807) is 24.3 Å². The molecule has 0 fully saturated rings. The average Bonchev–Trinajstić information content (AvgIpc) is 2.44. The largest absolute Gasteiger partial charge is 0.399 e. The van der Waals surface area contributed by atoms with E-state index in [-0.39, 0.29) is 11.2 Å².